The van der Waals surface area contributed by atoms with Crippen molar-refractivity contribution in [3.05, 3.63) is 35.4 Å². The zero-order valence-electron chi connectivity index (χ0n) is 9.26. The van der Waals surface area contributed by atoms with Crippen molar-refractivity contribution in [1.29, 1.82) is 0 Å². The Balaban J connectivity index is 2.19. The van der Waals surface area contributed by atoms with Crippen LogP contribution in [0.2, 0.25) is 0 Å². The fourth-order valence-corrected chi connectivity index (χ4v) is 2.20. The summed E-state index contributed by atoms with van der Waals surface area (Å²) in [6, 6.07) is 3.90. The largest absolute Gasteiger partial charge is 0.317 e. The van der Waals surface area contributed by atoms with Gasteiger partial charge in [0.2, 0.25) is 0 Å². The maximum Gasteiger partial charge on any atom is 0.128 e. The van der Waals surface area contributed by atoms with E-state index >= 15 is 0 Å². The molecular weight excluding hydrogens is 210 g/mol. The maximum absolute atomic E-state index is 13.6. The molecule has 0 spiro atoms. The van der Waals surface area contributed by atoms with Gasteiger partial charge in [-0.3, -0.25) is 0 Å². The van der Waals surface area contributed by atoms with Gasteiger partial charge in [0.05, 0.1) is 0 Å². The standard InChI is InChI=1S/C12H16F2N2/c1-15-9-4-5-16-12(7-9)10-6-8(13)2-3-11(10)14/h2-3,6,9,12,15-16H,4-5,7H2,1H3/t9-,12+/m1/s1. The van der Waals surface area contributed by atoms with E-state index in [1.807, 2.05) is 7.05 Å². The van der Waals surface area contributed by atoms with E-state index in [2.05, 4.69) is 10.6 Å². The van der Waals surface area contributed by atoms with Gasteiger partial charge in [0.25, 0.3) is 0 Å². The third kappa shape index (κ3) is 2.39. The molecule has 2 atom stereocenters. The van der Waals surface area contributed by atoms with Crippen molar-refractivity contribution in [3.63, 3.8) is 0 Å². The number of hydrogen-bond acceptors (Lipinski definition) is 2. The van der Waals surface area contributed by atoms with Crippen LogP contribution in [0.3, 0.4) is 0 Å². The van der Waals surface area contributed by atoms with Gasteiger partial charge in [0, 0.05) is 17.6 Å². The molecule has 1 saturated heterocycles. The van der Waals surface area contributed by atoms with Gasteiger partial charge in [0.15, 0.2) is 0 Å². The van der Waals surface area contributed by atoms with Crippen LogP contribution in [0.4, 0.5) is 8.78 Å². The molecule has 1 aromatic carbocycles. The fraction of sp³-hybridized carbons (Fsp3) is 0.500. The van der Waals surface area contributed by atoms with Gasteiger partial charge in [-0.05, 0) is 44.6 Å². The van der Waals surface area contributed by atoms with E-state index in [4.69, 9.17) is 0 Å². The highest BCUT2D eigenvalue weighted by atomic mass is 19.1. The molecule has 0 bridgehead atoms. The Morgan fingerprint density at radius 1 is 1.38 bits per heavy atom. The third-order valence-corrected chi connectivity index (χ3v) is 3.15. The summed E-state index contributed by atoms with van der Waals surface area (Å²) in [5, 5.41) is 6.40. The second-order valence-corrected chi connectivity index (χ2v) is 4.18. The van der Waals surface area contributed by atoms with E-state index in [0.717, 1.165) is 25.5 Å². The first-order valence-corrected chi connectivity index (χ1v) is 5.56. The summed E-state index contributed by atoms with van der Waals surface area (Å²) in [7, 11) is 1.90. The molecule has 0 amide bonds. The van der Waals surface area contributed by atoms with E-state index in [0.29, 0.717) is 11.6 Å². The lowest BCUT2D eigenvalue weighted by Gasteiger charge is -2.30. The molecule has 1 heterocycles. The molecule has 2 nitrogen and oxygen atoms in total. The lowest BCUT2D eigenvalue weighted by Crippen LogP contribution is -2.40. The molecule has 0 unspecified atom stereocenters. The Labute approximate surface area is 94.0 Å². The lowest BCUT2D eigenvalue weighted by atomic mass is 9.93. The summed E-state index contributed by atoms with van der Waals surface area (Å²) in [5.74, 6) is -0.722. The van der Waals surface area contributed by atoms with E-state index in [1.54, 1.807) is 0 Å². The zero-order chi connectivity index (χ0) is 11.5. The highest BCUT2D eigenvalue weighted by Crippen LogP contribution is 2.25. The summed E-state index contributed by atoms with van der Waals surface area (Å²) < 4.78 is 26.6. The van der Waals surface area contributed by atoms with Crippen molar-refractivity contribution in [2.45, 2.75) is 24.9 Å². The van der Waals surface area contributed by atoms with Crippen molar-refractivity contribution < 1.29 is 8.78 Å². The summed E-state index contributed by atoms with van der Waals surface area (Å²) in [6.07, 6.45) is 1.81. The van der Waals surface area contributed by atoms with Crippen LogP contribution in [0.25, 0.3) is 0 Å². The van der Waals surface area contributed by atoms with E-state index in [9.17, 15) is 8.78 Å². The van der Waals surface area contributed by atoms with Gasteiger partial charge in [-0.25, -0.2) is 8.78 Å². The van der Waals surface area contributed by atoms with Crippen LogP contribution in [0.1, 0.15) is 24.4 Å². The summed E-state index contributed by atoms with van der Waals surface area (Å²) in [4.78, 5) is 0. The van der Waals surface area contributed by atoms with Crippen LogP contribution in [0, 0.1) is 11.6 Å². The van der Waals surface area contributed by atoms with Gasteiger partial charge < -0.3 is 10.6 Å². The first-order valence-electron chi connectivity index (χ1n) is 5.56. The molecular formula is C12H16F2N2. The van der Waals surface area contributed by atoms with E-state index in [1.165, 1.54) is 12.1 Å². The number of hydrogen-bond donors (Lipinski definition) is 2. The maximum atomic E-state index is 13.6. The molecule has 1 aromatic rings. The normalized spacial score (nSPS) is 25.7. The predicted octanol–water partition coefficient (Wildman–Crippen LogP) is 1.98. The molecule has 1 aliphatic heterocycles. The Hall–Kier alpha value is -1.00. The molecule has 2 rings (SSSR count). The van der Waals surface area contributed by atoms with E-state index in [-0.39, 0.29) is 17.7 Å². The molecule has 0 aliphatic carbocycles. The minimum Gasteiger partial charge on any atom is -0.317 e. The van der Waals surface area contributed by atoms with Crippen molar-refractivity contribution in [3.8, 4) is 0 Å². The van der Waals surface area contributed by atoms with Gasteiger partial charge >= 0.3 is 0 Å². The average Bonchev–Trinajstić information content (AvgIpc) is 2.32. The molecule has 0 saturated carbocycles. The minimum absolute atomic E-state index is 0.0955. The Morgan fingerprint density at radius 3 is 2.94 bits per heavy atom. The predicted molar refractivity (Wildman–Crippen MR) is 59.2 cm³/mol. The Kier molecular flexibility index (Phi) is 3.51. The number of nitrogens with one attached hydrogen (secondary N) is 2. The monoisotopic (exact) mass is 226 g/mol. The van der Waals surface area contributed by atoms with Gasteiger partial charge in [-0.2, -0.15) is 0 Å². The lowest BCUT2D eigenvalue weighted by molar-refractivity contribution is 0.330. The molecule has 0 aromatic heterocycles. The number of benzene rings is 1. The van der Waals surface area contributed by atoms with Crippen molar-refractivity contribution in [2.24, 2.45) is 0 Å². The Morgan fingerprint density at radius 2 is 2.19 bits per heavy atom. The van der Waals surface area contributed by atoms with Crippen molar-refractivity contribution in [2.75, 3.05) is 13.6 Å². The highest BCUT2D eigenvalue weighted by molar-refractivity contribution is 5.23. The SMILES string of the molecule is CN[C@@H]1CCN[C@H](c2cc(F)ccc2F)C1. The fourth-order valence-electron chi connectivity index (χ4n) is 2.20. The molecule has 4 heteroatoms. The smallest absolute Gasteiger partial charge is 0.128 e. The topological polar surface area (TPSA) is 24.1 Å². The second-order valence-electron chi connectivity index (χ2n) is 4.18. The molecule has 2 N–H and O–H groups in total. The zero-order valence-corrected chi connectivity index (χ0v) is 9.26. The molecule has 1 fully saturated rings. The van der Waals surface area contributed by atoms with Gasteiger partial charge in [0.1, 0.15) is 11.6 Å². The number of rotatable bonds is 2. The minimum atomic E-state index is -0.384. The first kappa shape index (κ1) is 11.5. The first-order chi connectivity index (χ1) is 7.70. The molecule has 16 heavy (non-hydrogen) atoms. The summed E-state index contributed by atoms with van der Waals surface area (Å²) in [5.41, 5.74) is 0.431. The van der Waals surface area contributed by atoms with Gasteiger partial charge in [-0.1, -0.05) is 0 Å². The van der Waals surface area contributed by atoms with Crippen LogP contribution < -0.4 is 10.6 Å². The van der Waals surface area contributed by atoms with Crippen LogP contribution in [0.5, 0.6) is 0 Å². The number of piperidine rings is 1. The average molecular weight is 226 g/mol. The van der Waals surface area contributed by atoms with Crippen LogP contribution >= 0.6 is 0 Å². The molecule has 0 radical (unpaired) electrons. The molecule has 1 aliphatic rings. The number of halogens is 2. The summed E-state index contributed by atoms with van der Waals surface area (Å²) in [6.45, 7) is 0.826. The molecule has 88 valence electrons. The van der Waals surface area contributed by atoms with Gasteiger partial charge in [-0.15, -0.1) is 0 Å². The summed E-state index contributed by atoms with van der Waals surface area (Å²) >= 11 is 0. The van der Waals surface area contributed by atoms with Crippen molar-refractivity contribution >= 4 is 0 Å². The van der Waals surface area contributed by atoms with Crippen LogP contribution in [0.15, 0.2) is 18.2 Å². The third-order valence-electron chi connectivity index (χ3n) is 3.15. The van der Waals surface area contributed by atoms with E-state index < -0.39 is 0 Å². The van der Waals surface area contributed by atoms with Crippen LogP contribution in [-0.4, -0.2) is 19.6 Å². The second kappa shape index (κ2) is 4.89. The van der Waals surface area contributed by atoms with Crippen molar-refractivity contribution in [1.82, 2.24) is 10.6 Å². The van der Waals surface area contributed by atoms with Crippen LogP contribution in [-0.2, 0) is 0 Å². The highest BCUT2D eigenvalue weighted by Gasteiger charge is 2.23. The Bertz CT molecular complexity index is 368. The quantitative estimate of drug-likeness (QED) is 0.805.